The van der Waals surface area contributed by atoms with Gasteiger partial charge >= 0.3 is 0 Å². The third-order valence-electron chi connectivity index (χ3n) is 7.38. The van der Waals surface area contributed by atoms with Crippen LogP contribution in [0.3, 0.4) is 0 Å². The molecule has 0 atom stereocenters. The maximum Gasteiger partial charge on any atom is 0.0619 e. The largest absolute Gasteiger partial charge is 0.345 e. The van der Waals surface area contributed by atoms with E-state index in [1.165, 1.54) is 55.1 Å². The first-order valence-corrected chi connectivity index (χ1v) is 13.7. The summed E-state index contributed by atoms with van der Waals surface area (Å²) in [5, 5.41) is 5.07. The minimum absolute atomic E-state index is 1.16. The molecule has 1 aromatic heterocycles. The van der Waals surface area contributed by atoms with Crippen LogP contribution in [0, 0.1) is 0 Å². The van der Waals surface area contributed by atoms with Crippen molar-refractivity contribution >= 4 is 44.0 Å². The fourth-order valence-corrected chi connectivity index (χ4v) is 5.49. The molecule has 0 aliphatic rings. The molecule has 2 nitrogen and oxygen atoms in total. The Morgan fingerprint density at radius 3 is 1.79 bits per heavy atom. The van der Waals surface area contributed by atoms with E-state index in [1.54, 1.807) is 0 Å². The molecule has 6 aromatic carbocycles. The van der Waals surface area contributed by atoms with Crippen LogP contribution in [-0.4, -0.2) is 11.6 Å². The number of anilines is 2. The fraction of sp³-hybridized carbons (Fsp3) is 0.0811. The molecule has 0 fully saturated rings. The summed E-state index contributed by atoms with van der Waals surface area (Å²) in [6.07, 6.45) is 0. The Kier molecular flexibility index (Phi) is 6.61. The molecule has 0 saturated heterocycles. The highest BCUT2D eigenvalue weighted by Gasteiger charge is 2.17. The zero-order chi connectivity index (χ0) is 26.8. The van der Waals surface area contributed by atoms with E-state index in [4.69, 9.17) is 0 Å². The van der Waals surface area contributed by atoms with Crippen LogP contribution < -0.4 is 4.90 Å². The van der Waals surface area contributed by atoms with Crippen LogP contribution >= 0.6 is 0 Å². The molecule has 0 aliphatic carbocycles. The zero-order valence-corrected chi connectivity index (χ0v) is 22.7. The summed E-state index contributed by atoms with van der Waals surface area (Å²) in [5.74, 6) is 0. The van der Waals surface area contributed by atoms with Crippen molar-refractivity contribution in [1.82, 2.24) is 4.57 Å². The van der Waals surface area contributed by atoms with Crippen LogP contribution in [0.4, 0.5) is 11.4 Å². The Morgan fingerprint density at radius 1 is 0.513 bits per heavy atom. The van der Waals surface area contributed by atoms with E-state index in [0.717, 1.165) is 5.69 Å². The lowest BCUT2D eigenvalue weighted by Crippen LogP contribution is -2.08. The van der Waals surface area contributed by atoms with Crippen molar-refractivity contribution < 1.29 is 0 Å². The van der Waals surface area contributed by atoms with Gasteiger partial charge in [-0.15, -0.1) is 0 Å². The molecule has 0 spiro atoms. The minimum Gasteiger partial charge on any atom is -0.345 e. The summed E-state index contributed by atoms with van der Waals surface area (Å²) in [7, 11) is 2.11. The summed E-state index contributed by atoms with van der Waals surface area (Å²) < 4.78 is 2.43. The van der Waals surface area contributed by atoms with Gasteiger partial charge < -0.3 is 9.47 Å². The summed E-state index contributed by atoms with van der Waals surface area (Å²) in [4.78, 5) is 2.22. The predicted molar refractivity (Wildman–Crippen MR) is 170 cm³/mol. The van der Waals surface area contributed by atoms with Crippen LogP contribution in [-0.2, 0) is 0 Å². The Hall–Kier alpha value is -4.82. The molecule has 0 bridgehead atoms. The summed E-state index contributed by atoms with van der Waals surface area (Å²) in [5.41, 5.74) is 8.42. The number of hydrogen-bond donors (Lipinski definition) is 0. The molecule has 0 unspecified atom stereocenters. The first-order valence-electron chi connectivity index (χ1n) is 13.7. The molecule has 0 radical (unpaired) electrons. The van der Waals surface area contributed by atoms with E-state index < -0.39 is 0 Å². The highest BCUT2D eigenvalue weighted by Crippen LogP contribution is 2.40. The van der Waals surface area contributed by atoms with Gasteiger partial charge in [-0.2, -0.15) is 0 Å². The topological polar surface area (TPSA) is 8.17 Å². The highest BCUT2D eigenvalue weighted by molar-refractivity contribution is 6.16. The zero-order valence-electron chi connectivity index (χ0n) is 22.7. The van der Waals surface area contributed by atoms with Gasteiger partial charge in [-0.05, 0) is 64.9 Å². The van der Waals surface area contributed by atoms with Crippen LogP contribution in [0.5, 0.6) is 0 Å². The lowest BCUT2D eigenvalue weighted by molar-refractivity contribution is 1.18. The first kappa shape index (κ1) is 24.5. The van der Waals surface area contributed by atoms with Gasteiger partial charge in [0.2, 0.25) is 0 Å². The van der Waals surface area contributed by atoms with Gasteiger partial charge in [0.25, 0.3) is 0 Å². The monoisotopic (exact) mass is 504 g/mol. The van der Waals surface area contributed by atoms with Gasteiger partial charge in [0.1, 0.15) is 0 Å². The SMILES string of the molecule is CC.CN(c1ccccc1)c1ccc(-c2cccc3c4cc5ccccc5cc4n(-c4ccccc4)c23)cc1. The average molecular weight is 505 g/mol. The highest BCUT2D eigenvalue weighted by atomic mass is 15.1. The number of para-hydroxylation sites is 3. The molecular weight excluding hydrogens is 472 g/mol. The smallest absolute Gasteiger partial charge is 0.0619 e. The second-order valence-corrected chi connectivity index (χ2v) is 9.53. The molecule has 0 N–H and O–H groups in total. The van der Waals surface area contributed by atoms with Crippen molar-refractivity contribution in [1.29, 1.82) is 0 Å². The van der Waals surface area contributed by atoms with E-state index in [-0.39, 0.29) is 0 Å². The maximum atomic E-state index is 2.43. The minimum atomic E-state index is 1.16. The predicted octanol–water partition coefficient (Wildman–Crippen LogP) is 10.4. The molecule has 2 heteroatoms. The molecule has 190 valence electrons. The molecule has 1 heterocycles. The first-order chi connectivity index (χ1) is 19.3. The third-order valence-corrected chi connectivity index (χ3v) is 7.38. The van der Waals surface area contributed by atoms with E-state index in [0.29, 0.717) is 0 Å². The number of aromatic nitrogens is 1. The molecule has 39 heavy (non-hydrogen) atoms. The molecule has 0 saturated carbocycles. The van der Waals surface area contributed by atoms with Gasteiger partial charge in [-0.25, -0.2) is 0 Å². The van der Waals surface area contributed by atoms with Gasteiger partial charge in [0.05, 0.1) is 11.0 Å². The van der Waals surface area contributed by atoms with Crippen LogP contribution in [0.2, 0.25) is 0 Å². The lowest BCUT2D eigenvalue weighted by Gasteiger charge is -2.20. The van der Waals surface area contributed by atoms with Crippen molar-refractivity contribution in [3.05, 3.63) is 140 Å². The molecule has 0 aliphatic heterocycles. The van der Waals surface area contributed by atoms with Crippen molar-refractivity contribution in [3.63, 3.8) is 0 Å². The molecule has 7 rings (SSSR count). The van der Waals surface area contributed by atoms with Crippen molar-refractivity contribution in [2.24, 2.45) is 0 Å². The lowest BCUT2D eigenvalue weighted by atomic mass is 10.0. The van der Waals surface area contributed by atoms with E-state index in [9.17, 15) is 0 Å². The molecule has 7 aromatic rings. The number of rotatable bonds is 4. The van der Waals surface area contributed by atoms with E-state index in [2.05, 4.69) is 156 Å². The van der Waals surface area contributed by atoms with Gasteiger partial charge in [-0.1, -0.05) is 105 Å². The van der Waals surface area contributed by atoms with Gasteiger partial charge in [0.15, 0.2) is 0 Å². The van der Waals surface area contributed by atoms with Crippen LogP contribution in [0.1, 0.15) is 13.8 Å². The van der Waals surface area contributed by atoms with Gasteiger partial charge in [0, 0.05) is 40.4 Å². The second-order valence-electron chi connectivity index (χ2n) is 9.53. The number of fused-ring (bicyclic) bond motifs is 4. The van der Waals surface area contributed by atoms with Crippen molar-refractivity contribution in [3.8, 4) is 16.8 Å². The van der Waals surface area contributed by atoms with Crippen molar-refractivity contribution in [2.45, 2.75) is 13.8 Å². The average Bonchev–Trinajstić information content (AvgIpc) is 3.35. The standard InChI is InChI=1S/C35H26N2.C2H6/c1-36(28-13-4-2-5-14-28)29-21-19-25(20-22-29)31-17-10-18-32-33-23-26-11-8-9-12-27(26)24-34(33)37(35(31)32)30-15-6-3-7-16-30;1-2/h2-24H,1H3;1-2H3. The third kappa shape index (κ3) is 4.34. The Balaban J connectivity index is 0.00000135. The van der Waals surface area contributed by atoms with E-state index >= 15 is 0 Å². The second kappa shape index (κ2) is 10.5. The van der Waals surface area contributed by atoms with Crippen LogP contribution in [0.25, 0.3) is 49.4 Å². The number of nitrogens with zero attached hydrogens (tertiary/aromatic N) is 2. The summed E-state index contributed by atoms with van der Waals surface area (Å²) in [6, 6.07) is 50.1. The van der Waals surface area contributed by atoms with Crippen molar-refractivity contribution in [2.75, 3.05) is 11.9 Å². The quantitative estimate of drug-likeness (QED) is 0.231. The van der Waals surface area contributed by atoms with Crippen LogP contribution in [0.15, 0.2) is 140 Å². The fourth-order valence-electron chi connectivity index (χ4n) is 5.49. The Labute approximate surface area is 230 Å². The van der Waals surface area contributed by atoms with Gasteiger partial charge in [-0.3, -0.25) is 0 Å². The van der Waals surface area contributed by atoms with E-state index in [1.807, 2.05) is 13.8 Å². The summed E-state index contributed by atoms with van der Waals surface area (Å²) in [6.45, 7) is 4.00. The summed E-state index contributed by atoms with van der Waals surface area (Å²) >= 11 is 0. The normalized spacial score (nSPS) is 10.9. The Bertz CT molecular complexity index is 1860. The molecule has 0 amide bonds. The number of hydrogen-bond acceptors (Lipinski definition) is 1. The molecular formula is C37H32N2. The Morgan fingerprint density at radius 2 is 1.10 bits per heavy atom. The maximum absolute atomic E-state index is 2.43. The number of benzene rings is 6.